The van der Waals surface area contributed by atoms with Crippen LogP contribution in [0.5, 0.6) is 5.75 Å². The summed E-state index contributed by atoms with van der Waals surface area (Å²) in [4.78, 5) is 10.6. The summed E-state index contributed by atoms with van der Waals surface area (Å²) in [6, 6.07) is 2.57. The standard InChI is InChI=1S/C9H9I2NO3.H2S/c10-5-1-4(2-6(11)8(5)13)3-7(12)9(14)15;/h1-2,7,13H,3,12H2,(H,14,15);1H2/t7-;/m0./s1. The number of rotatable bonds is 3. The average Bonchev–Trinajstić information content (AvgIpc) is 2.13. The summed E-state index contributed by atoms with van der Waals surface area (Å²) in [6.45, 7) is 0. The van der Waals surface area contributed by atoms with Crippen molar-refractivity contribution in [1.29, 1.82) is 0 Å². The Morgan fingerprint density at radius 3 is 2.19 bits per heavy atom. The zero-order chi connectivity index (χ0) is 11.6. The van der Waals surface area contributed by atoms with Crippen LogP contribution >= 0.6 is 58.7 Å². The fourth-order valence-corrected chi connectivity index (χ4v) is 2.97. The summed E-state index contributed by atoms with van der Waals surface area (Å²) >= 11 is 3.99. The number of carboxylic acid groups (broad SMARTS) is 1. The van der Waals surface area contributed by atoms with Crippen LogP contribution in [0, 0.1) is 7.14 Å². The molecule has 4 N–H and O–H groups in total. The van der Waals surface area contributed by atoms with Gasteiger partial charge in [0.05, 0.1) is 7.14 Å². The summed E-state index contributed by atoms with van der Waals surface area (Å²) < 4.78 is 1.40. The Labute approximate surface area is 127 Å². The summed E-state index contributed by atoms with van der Waals surface area (Å²) in [5, 5.41) is 18.2. The summed E-state index contributed by atoms with van der Waals surface area (Å²) in [7, 11) is 0. The maximum Gasteiger partial charge on any atom is 0.320 e. The van der Waals surface area contributed by atoms with Gasteiger partial charge >= 0.3 is 5.97 Å². The van der Waals surface area contributed by atoms with Crippen molar-refractivity contribution in [1.82, 2.24) is 0 Å². The maximum atomic E-state index is 10.6. The number of carboxylic acids is 1. The Balaban J connectivity index is 0.00000225. The van der Waals surface area contributed by atoms with Gasteiger partial charge < -0.3 is 15.9 Å². The molecule has 0 bridgehead atoms. The van der Waals surface area contributed by atoms with Crippen LogP contribution in [0.2, 0.25) is 0 Å². The van der Waals surface area contributed by atoms with Crippen molar-refractivity contribution in [2.45, 2.75) is 12.5 Å². The molecule has 0 saturated carbocycles. The van der Waals surface area contributed by atoms with E-state index in [9.17, 15) is 9.90 Å². The Bertz CT molecular complexity index is 377. The zero-order valence-corrected chi connectivity index (χ0v) is 13.4. The molecule has 4 nitrogen and oxygen atoms in total. The highest BCUT2D eigenvalue weighted by atomic mass is 127. The molecule has 1 aromatic rings. The molecule has 1 rings (SSSR count). The summed E-state index contributed by atoms with van der Waals surface area (Å²) in [5.74, 6) is -0.795. The van der Waals surface area contributed by atoms with Crippen LogP contribution < -0.4 is 5.73 Å². The van der Waals surface area contributed by atoms with Gasteiger partial charge in [-0.05, 0) is 69.3 Å². The van der Waals surface area contributed by atoms with Crippen LogP contribution in [-0.4, -0.2) is 22.2 Å². The largest absolute Gasteiger partial charge is 0.506 e. The van der Waals surface area contributed by atoms with Gasteiger partial charge in [-0.1, -0.05) is 0 Å². The first-order valence-corrected chi connectivity index (χ1v) is 6.23. The number of phenolic OH excluding ortho intramolecular Hbond substituents is 1. The molecular formula is C9H11I2NO3S. The van der Waals surface area contributed by atoms with Crippen LogP contribution in [0.15, 0.2) is 12.1 Å². The van der Waals surface area contributed by atoms with Gasteiger partial charge in [-0.2, -0.15) is 13.5 Å². The molecule has 0 heterocycles. The quantitative estimate of drug-likeness (QED) is 0.592. The molecule has 0 aliphatic heterocycles. The van der Waals surface area contributed by atoms with Crippen molar-refractivity contribution in [2.75, 3.05) is 0 Å². The molecule has 1 atom stereocenters. The van der Waals surface area contributed by atoms with Gasteiger partial charge in [-0.15, -0.1) is 0 Å². The molecular weight excluding hydrogens is 456 g/mol. The number of carbonyl (C=O) groups is 1. The molecule has 0 radical (unpaired) electrons. The van der Waals surface area contributed by atoms with E-state index in [-0.39, 0.29) is 25.7 Å². The van der Waals surface area contributed by atoms with E-state index in [4.69, 9.17) is 10.8 Å². The smallest absolute Gasteiger partial charge is 0.320 e. The van der Waals surface area contributed by atoms with Crippen LogP contribution in [0.4, 0.5) is 0 Å². The molecule has 7 heteroatoms. The molecule has 90 valence electrons. The van der Waals surface area contributed by atoms with E-state index in [1.807, 2.05) is 45.2 Å². The maximum absolute atomic E-state index is 10.6. The number of halogens is 2. The van der Waals surface area contributed by atoms with E-state index in [0.717, 1.165) is 5.56 Å². The molecule has 0 unspecified atom stereocenters. The molecule has 0 saturated heterocycles. The summed E-state index contributed by atoms with van der Waals surface area (Å²) in [5.41, 5.74) is 6.24. The fraction of sp³-hybridized carbons (Fsp3) is 0.222. The van der Waals surface area contributed by atoms with Crippen LogP contribution in [0.25, 0.3) is 0 Å². The zero-order valence-electron chi connectivity index (χ0n) is 8.08. The first kappa shape index (κ1) is 16.3. The fourth-order valence-electron chi connectivity index (χ4n) is 1.08. The third kappa shape index (κ3) is 4.26. The minimum atomic E-state index is -1.02. The Morgan fingerprint density at radius 2 is 1.81 bits per heavy atom. The van der Waals surface area contributed by atoms with Crippen molar-refractivity contribution in [3.8, 4) is 5.75 Å². The van der Waals surface area contributed by atoms with Gasteiger partial charge in [-0.25, -0.2) is 0 Å². The Morgan fingerprint density at radius 1 is 1.38 bits per heavy atom. The van der Waals surface area contributed by atoms with Gasteiger partial charge in [0.1, 0.15) is 11.8 Å². The number of aliphatic carboxylic acids is 1. The van der Waals surface area contributed by atoms with Gasteiger partial charge in [0.15, 0.2) is 0 Å². The van der Waals surface area contributed by atoms with Gasteiger partial charge in [0.2, 0.25) is 0 Å². The van der Waals surface area contributed by atoms with E-state index in [1.165, 1.54) is 0 Å². The molecule has 0 spiro atoms. The minimum absolute atomic E-state index is 0. The predicted octanol–water partition coefficient (Wildman–Crippen LogP) is 1.67. The Hall–Kier alpha value is 0.260. The lowest BCUT2D eigenvalue weighted by Gasteiger charge is -2.08. The lowest BCUT2D eigenvalue weighted by molar-refractivity contribution is -0.138. The van der Waals surface area contributed by atoms with Crippen molar-refractivity contribution in [3.05, 3.63) is 24.8 Å². The topological polar surface area (TPSA) is 83.5 Å². The second-order valence-electron chi connectivity index (χ2n) is 3.06. The molecule has 1 aromatic carbocycles. The lowest BCUT2D eigenvalue weighted by Crippen LogP contribution is -2.32. The first-order valence-electron chi connectivity index (χ1n) is 4.07. The SMILES string of the molecule is N[C@@H](Cc1cc(I)c(O)c(I)c1)C(=O)O.S. The highest BCUT2D eigenvalue weighted by Crippen LogP contribution is 2.27. The van der Waals surface area contributed by atoms with E-state index in [2.05, 4.69) is 0 Å². The third-order valence-corrected chi connectivity index (χ3v) is 3.49. The van der Waals surface area contributed by atoms with Crippen LogP contribution in [0.1, 0.15) is 5.56 Å². The number of phenols is 1. The average molecular weight is 467 g/mol. The third-order valence-electron chi connectivity index (χ3n) is 1.85. The predicted molar refractivity (Wildman–Crippen MR) is 83.2 cm³/mol. The number of hydrogen-bond acceptors (Lipinski definition) is 3. The molecule has 16 heavy (non-hydrogen) atoms. The second kappa shape index (κ2) is 6.87. The highest BCUT2D eigenvalue weighted by molar-refractivity contribution is 14.1. The minimum Gasteiger partial charge on any atom is -0.506 e. The highest BCUT2D eigenvalue weighted by Gasteiger charge is 2.14. The molecule has 0 aromatic heterocycles. The Kier molecular flexibility index (Phi) is 6.98. The summed E-state index contributed by atoms with van der Waals surface area (Å²) in [6.07, 6.45) is 0.265. The molecule has 0 aliphatic carbocycles. The van der Waals surface area contributed by atoms with Crippen molar-refractivity contribution in [2.24, 2.45) is 5.73 Å². The van der Waals surface area contributed by atoms with Gasteiger partial charge in [0, 0.05) is 0 Å². The lowest BCUT2D eigenvalue weighted by atomic mass is 10.1. The first-order chi connectivity index (χ1) is 6.91. The van der Waals surface area contributed by atoms with Gasteiger partial charge in [-0.3, -0.25) is 4.79 Å². The van der Waals surface area contributed by atoms with E-state index >= 15 is 0 Å². The molecule has 0 aliphatic rings. The van der Waals surface area contributed by atoms with Gasteiger partial charge in [0.25, 0.3) is 0 Å². The van der Waals surface area contributed by atoms with Crippen LogP contribution in [-0.2, 0) is 11.2 Å². The number of benzene rings is 1. The van der Waals surface area contributed by atoms with E-state index in [0.29, 0.717) is 7.14 Å². The van der Waals surface area contributed by atoms with E-state index < -0.39 is 12.0 Å². The monoisotopic (exact) mass is 467 g/mol. The normalized spacial score (nSPS) is 11.7. The van der Waals surface area contributed by atoms with Crippen molar-refractivity contribution >= 4 is 64.6 Å². The van der Waals surface area contributed by atoms with Crippen LogP contribution in [0.3, 0.4) is 0 Å². The van der Waals surface area contributed by atoms with Crippen molar-refractivity contribution in [3.63, 3.8) is 0 Å². The number of aromatic hydroxyl groups is 1. The molecule has 0 fully saturated rings. The number of hydrogen-bond donors (Lipinski definition) is 3. The second-order valence-corrected chi connectivity index (χ2v) is 5.38. The number of nitrogens with two attached hydrogens (primary N) is 1. The molecule has 0 amide bonds. The van der Waals surface area contributed by atoms with E-state index in [1.54, 1.807) is 12.1 Å². The van der Waals surface area contributed by atoms with Crippen molar-refractivity contribution < 1.29 is 15.0 Å².